The molecular formula is C13H25N3. The molecule has 1 fully saturated rings. The fourth-order valence-electron chi connectivity index (χ4n) is 2.93. The second kappa shape index (κ2) is 4.35. The molecule has 1 unspecified atom stereocenters. The molecule has 1 heterocycles. The fourth-order valence-corrected chi connectivity index (χ4v) is 2.93. The van der Waals surface area contributed by atoms with E-state index in [4.69, 9.17) is 5.26 Å². The van der Waals surface area contributed by atoms with Crippen molar-refractivity contribution in [2.75, 3.05) is 20.1 Å². The van der Waals surface area contributed by atoms with Gasteiger partial charge in [-0.3, -0.25) is 9.80 Å². The van der Waals surface area contributed by atoms with Gasteiger partial charge in [-0.15, -0.1) is 0 Å². The van der Waals surface area contributed by atoms with Gasteiger partial charge in [0, 0.05) is 30.2 Å². The quantitative estimate of drug-likeness (QED) is 0.682. The maximum absolute atomic E-state index is 8.86. The van der Waals surface area contributed by atoms with Crippen LogP contribution in [0, 0.1) is 11.3 Å². The predicted octanol–water partition coefficient (Wildman–Crippen LogP) is 2.09. The van der Waals surface area contributed by atoms with Crippen LogP contribution in [0.25, 0.3) is 0 Å². The highest BCUT2D eigenvalue weighted by Gasteiger charge is 2.41. The lowest BCUT2D eigenvalue weighted by Crippen LogP contribution is -2.66. The topological polar surface area (TPSA) is 30.3 Å². The number of hydrogen-bond donors (Lipinski definition) is 0. The summed E-state index contributed by atoms with van der Waals surface area (Å²) < 4.78 is 0. The van der Waals surface area contributed by atoms with Gasteiger partial charge in [0.05, 0.1) is 12.5 Å². The second-order valence-corrected chi connectivity index (χ2v) is 6.53. The molecule has 1 aliphatic heterocycles. The molecule has 0 N–H and O–H groups in total. The first-order valence-corrected chi connectivity index (χ1v) is 6.03. The van der Waals surface area contributed by atoms with Gasteiger partial charge in [0.25, 0.3) is 0 Å². The standard InChI is InChI=1S/C13H25N3/c1-12(2,3)16-9-11(7-8-14)15(6)10-13(16,4)5/h11H,7,9-10H2,1-6H3. The summed E-state index contributed by atoms with van der Waals surface area (Å²) in [4.78, 5) is 4.85. The van der Waals surface area contributed by atoms with E-state index in [9.17, 15) is 0 Å². The molecule has 1 aliphatic rings. The summed E-state index contributed by atoms with van der Waals surface area (Å²) in [6, 6.07) is 2.67. The van der Waals surface area contributed by atoms with Crippen LogP contribution in [-0.2, 0) is 0 Å². The number of piperazine rings is 1. The molecule has 0 bridgehead atoms. The summed E-state index contributed by atoms with van der Waals surface area (Å²) in [6.07, 6.45) is 0.624. The van der Waals surface area contributed by atoms with Crippen LogP contribution in [0.15, 0.2) is 0 Å². The Balaban J connectivity index is 2.87. The molecule has 0 radical (unpaired) electrons. The number of hydrogen-bond acceptors (Lipinski definition) is 3. The van der Waals surface area contributed by atoms with Crippen LogP contribution in [0.1, 0.15) is 41.0 Å². The van der Waals surface area contributed by atoms with Crippen LogP contribution in [0.3, 0.4) is 0 Å². The smallest absolute Gasteiger partial charge is 0.0638 e. The lowest BCUT2D eigenvalue weighted by molar-refractivity contribution is -0.0564. The zero-order chi connectivity index (χ0) is 12.6. The first-order valence-electron chi connectivity index (χ1n) is 6.03. The average Bonchev–Trinajstić information content (AvgIpc) is 2.06. The summed E-state index contributed by atoms with van der Waals surface area (Å²) in [5.74, 6) is 0. The Morgan fingerprint density at radius 2 is 1.94 bits per heavy atom. The van der Waals surface area contributed by atoms with E-state index in [0.717, 1.165) is 13.1 Å². The monoisotopic (exact) mass is 223 g/mol. The van der Waals surface area contributed by atoms with Crippen LogP contribution in [0.2, 0.25) is 0 Å². The van der Waals surface area contributed by atoms with Crippen LogP contribution in [-0.4, -0.2) is 47.1 Å². The maximum Gasteiger partial charge on any atom is 0.0638 e. The largest absolute Gasteiger partial charge is 0.299 e. The molecule has 1 rings (SSSR count). The summed E-state index contributed by atoms with van der Waals surface area (Å²) in [7, 11) is 2.13. The van der Waals surface area contributed by atoms with E-state index in [2.05, 4.69) is 57.5 Å². The van der Waals surface area contributed by atoms with Gasteiger partial charge in [-0.05, 0) is 41.7 Å². The van der Waals surface area contributed by atoms with Crippen LogP contribution < -0.4 is 0 Å². The van der Waals surface area contributed by atoms with Crippen molar-refractivity contribution in [3.05, 3.63) is 0 Å². The fraction of sp³-hybridized carbons (Fsp3) is 0.923. The van der Waals surface area contributed by atoms with E-state index in [1.165, 1.54) is 0 Å². The van der Waals surface area contributed by atoms with Crippen molar-refractivity contribution in [3.63, 3.8) is 0 Å². The Morgan fingerprint density at radius 1 is 1.38 bits per heavy atom. The molecular weight excluding hydrogens is 198 g/mol. The van der Waals surface area contributed by atoms with E-state index < -0.39 is 0 Å². The summed E-state index contributed by atoms with van der Waals surface area (Å²) in [6.45, 7) is 13.3. The molecule has 16 heavy (non-hydrogen) atoms. The minimum atomic E-state index is 0.165. The number of nitrogens with zero attached hydrogens (tertiary/aromatic N) is 3. The van der Waals surface area contributed by atoms with Crippen molar-refractivity contribution < 1.29 is 0 Å². The molecule has 1 saturated heterocycles. The summed E-state index contributed by atoms with van der Waals surface area (Å²) >= 11 is 0. The average molecular weight is 223 g/mol. The van der Waals surface area contributed by atoms with E-state index in [1.54, 1.807) is 0 Å². The maximum atomic E-state index is 8.86. The van der Waals surface area contributed by atoms with E-state index in [1.807, 2.05) is 0 Å². The van der Waals surface area contributed by atoms with Gasteiger partial charge in [0.15, 0.2) is 0 Å². The Hall–Kier alpha value is -0.590. The molecule has 1 atom stereocenters. The SMILES string of the molecule is CN1CC(C)(C)N(C(C)(C)C)CC1CC#N. The number of likely N-dealkylation sites (N-methyl/N-ethyl adjacent to an activating group) is 1. The van der Waals surface area contributed by atoms with Gasteiger partial charge >= 0.3 is 0 Å². The Kier molecular flexibility index (Phi) is 3.66. The van der Waals surface area contributed by atoms with Crippen molar-refractivity contribution in [2.45, 2.75) is 58.2 Å². The third-order valence-corrected chi connectivity index (χ3v) is 3.52. The number of nitriles is 1. The zero-order valence-electron chi connectivity index (χ0n) is 11.5. The van der Waals surface area contributed by atoms with Crippen molar-refractivity contribution in [1.29, 1.82) is 5.26 Å². The molecule has 0 aromatic heterocycles. The van der Waals surface area contributed by atoms with Crippen molar-refractivity contribution >= 4 is 0 Å². The molecule has 0 aromatic carbocycles. The lowest BCUT2D eigenvalue weighted by Gasteiger charge is -2.55. The minimum absolute atomic E-state index is 0.165. The van der Waals surface area contributed by atoms with Gasteiger partial charge in [0.2, 0.25) is 0 Å². The summed E-state index contributed by atoms with van der Waals surface area (Å²) in [5.41, 5.74) is 0.345. The molecule has 3 nitrogen and oxygen atoms in total. The van der Waals surface area contributed by atoms with Gasteiger partial charge in [0.1, 0.15) is 0 Å². The summed E-state index contributed by atoms with van der Waals surface area (Å²) in [5, 5.41) is 8.86. The van der Waals surface area contributed by atoms with Crippen LogP contribution in [0.4, 0.5) is 0 Å². The highest BCUT2D eigenvalue weighted by Crippen LogP contribution is 2.31. The molecule has 0 aliphatic carbocycles. The normalized spacial score (nSPS) is 27.7. The van der Waals surface area contributed by atoms with Crippen molar-refractivity contribution in [2.24, 2.45) is 0 Å². The lowest BCUT2D eigenvalue weighted by atomic mass is 9.89. The zero-order valence-corrected chi connectivity index (χ0v) is 11.5. The molecule has 92 valence electrons. The Labute approximate surface area is 100 Å². The van der Waals surface area contributed by atoms with E-state index in [0.29, 0.717) is 12.5 Å². The Morgan fingerprint density at radius 3 is 2.38 bits per heavy atom. The van der Waals surface area contributed by atoms with Crippen molar-refractivity contribution in [3.8, 4) is 6.07 Å². The van der Waals surface area contributed by atoms with Gasteiger partial charge in [-0.2, -0.15) is 5.26 Å². The first kappa shape index (κ1) is 13.5. The van der Waals surface area contributed by atoms with E-state index in [-0.39, 0.29) is 11.1 Å². The molecule has 0 saturated carbocycles. The predicted molar refractivity (Wildman–Crippen MR) is 67.2 cm³/mol. The van der Waals surface area contributed by atoms with Gasteiger partial charge < -0.3 is 0 Å². The molecule has 0 spiro atoms. The first-order chi connectivity index (χ1) is 7.18. The van der Waals surface area contributed by atoms with Crippen molar-refractivity contribution in [1.82, 2.24) is 9.80 Å². The minimum Gasteiger partial charge on any atom is -0.299 e. The third-order valence-electron chi connectivity index (χ3n) is 3.52. The molecule has 3 heteroatoms. The Bertz CT molecular complexity index is 283. The molecule has 0 aromatic rings. The van der Waals surface area contributed by atoms with Crippen LogP contribution >= 0.6 is 0 Å². The third kappa shape index (κ3) is 2.75. The van der Waals surface area contributed by atoms with Crippen LogP contribution in [0.5, 0.6) is 0 Å². The van der Waals surface area contributed by atoms with E-state index >= 15 is 0 Å². The van der Waals surface area contributed by atoms with Gasteiger partial charge in [-0.1, -0.05) is 0 Å². The second-order valence-electron chi connectivity index (χ2n) is 6.53. The highest BCUT2D eigenvalue weighted by atomic mass is 15.3. The highest BCUT2D eigenvalue weighted by molar-refractivity contribution is 5.00. The molecule has 0 amide bonds. The van der Waals surface area contributed by atoms with Gasteiger partial charge in [-0.25, -0.2) is 0 Å². The number of rotatable bonds is 1.